The predicted molar refractivity (Wildman–Crippen MR) is 43.5 cm³/mol. The molecule has 0 aliphatic heterocycles. The molecule has 0 aromatic carbocycles. The Morgan fingerprint density at radius 1 is 1.31 bits per heavy atom. The Bertz CT molecular complexity index is 419. The largest absolute Gasteiger partial charge is 0.418 e. The highest BCUT2D eigenvalue weighted by Crippen LogP contribution is 2.35. The fourth-order valence-corrected chi connectivity index (χ4v) is 1.21. The molecule has 1 rings (SSSR count). The Labute approximate surface area is 87.3 Å². The number of hydrogen-bond acceptors (Lipinski definition) is 2. The van der Waals surface area contributed by atoms with Gasteiger partial charge in [0.05, 0.1) is 18.1 Å². The van der Waals surface area contributed by atoms with Gasteiger partial charge < -0.3 is 0 Å². The van der Waals surface area contributed by atoms with Crippen molar-refractivity contribution in [1.29, 1.82) is 5.26 Å². The van der Waals surface area contributed by atoms with Gasteiger partial charge in [-0.2, -0.15) is 18.4 Å². The summed E-state index contributed by atoms with van der Waals surface area (Å²) in [5.41, 5.74) is -2.84. The van der Waals surface area contributed by atoms with Gasteiger partial charge in [0.1, 0.15) is 0 Å². The first kappa shape index (κ1) is 12.4. The smallest absolute Gasteiger partial charge is 0.264 e. The first-order valence-corrected chi connectivity index (χ1v) is 4.07. The third-order valence-corrected chi connectivity index (χ3v) is 1.89. The van der Waals surface area contributed by atoms with Crippen LogP contribution in [0.15, 0.2) is 12.4 Å². The SMILES string of the molecule is N#CCc1c(C(F)F)cncc1C(F)(F)F. The third kappa shape index (κ3) is 2.45. The van der Waals surface area contributed by atoms with Crippen LogP contribution in [0.25, 0.3) is 0 Å². The lowest BCUT2D eigenvalue weighted by atomic mass is 10.0. The molecule has 0 spiro atoms. The summed E-state index contributed by atoms with van der Waals surface area (Å²) in [5.74, 6) is 0. The minimum atomic E-state index is -4.79. The van der Waals surface area contributed by atoms with E-state index in [0.717, 1.165) is 0 Å². The maximum absolute atomic E-state index is 12.4. The third-order valence-electron chi connectivity index (χ3n) is 1.89. The number of hydrogen-bond donors (Lipinski definition) is 0. The van der Waals surface area contributed by atoms with Crippen molar-refractivity contribution in [1.82, 2.24) is 4.98 Å². The van der Waals surface area contributed by atoms with E-state index in [2.05, 4.69) is 4.98 Å². The summed E-state index contributed by atoms with van der Waals surface area (Å²) in [7, 11) is 0. The average Bonchev–Trinajstić information content (AvgIpc) is 2.16. The fraction of sp³-hybridized carbons (Fsp3) is 0.333. The van der Waals surface area contributed by atoms with Gasteiger partial charge in [0.15, 0.2) is 0 Å². The normalized spacial score (nSPS) is 11.6. The van der Waals surface area contributed by atoms with Crippen molar-refractivity contribution in [2.24, 2.45) is 0 Å². The Morgan fingerprint density at radius 2 is 1.94 bits per heavy atom. The second-order valence-corrected chi connectivity index (χ2v) is 2.89. The van der Waals surface area contributed by atoms with E-state index < -0.39 is 35.7 Å². The lowest BCUT2D eigenvalue weighted by Gasteiger charge is -2.13. The van der Waals surface area contributed by atoms with E-state index in [-0.39, 0.29) is 0 Å². The number of rotatable bonds is 2. The van der Waals surface area contributed by atoms with Crippen molar-refractivity contribution in [3.05, 3.63) is 29.1 Å². The fourth-order valence-electron chi connectivity index (χ4n) is 1.21. The molecule has 16 heavy (non-hydrogen) atoms. The van der Waals surface area contributed by atoms with Crippen molar-refractivity contribution in [2.75, 3.05) is 0 Å². The van der Waals surface area contributed by atoms with Gasteiger partial charge in [-0.15, -0.1) is 0 Å². The highest BCUT2D eigenvalue weighted by atomic mass is 19.4. The van der Waals surface area contributed by atoms with Crippen LogP contribution in [0.4, 0.5) is 22.0 Å². The molecule has 0 saturated heterocycles. The molecule has 0 radical (unpaired) electrons. The van der Waals surface area contributed by atoms with Gasteiger partial charge in [0.2, 0.25) is 0 Å². The van der Waals surface area contributed by atoms with Crippen LogP contribution < -0.4 is 0 Å². The first-order chi connectivity index (χ1) is 7.38. The molecular weight excluding hydrogens is 231 g/mol. The molecule has 0 aliphatic carbocycles. The summed E-state index contributed by atoms with van der Waals surface area (Å²) >= 11 is 0. The molecule has 0 atom stereocenters. The van der Waals surface area contributed by atoms with Crippen LogP contribution in [0.2, 0.25) is 0 Å². The number of alkyl halides is 5. The van der Waals surface area contributed by atoms with Gasteiger partial charge >= 0.3 is 6.18 Å². The zero-order valence-corrected chi connectivity index (χ0v) is 7.72. The molecule has 7 heteroatoms. The van der Waals surface area contributed by atoms with Crippen LogP contribution in [0.1, 0.15) is 23.1 Å². The van der Waals surface area contributed by atoms with Gasteiger partial charge in [-0.05, 0) is 5.56 Å². The van der Waals surface area contributed by atoms with E-state index in [9.17, 15) is 22.0 Å². The molecule has 0 bridgehead atoms. The minimum Gasteiger partial charge on any atom is -0.264 e. The van der Waals surface area contributed by atoms with Crippen LogP contribution in [-0.4, -0.2) is 4.98 Å². The number of nitrogens with zero attached hydrogens (tertiary/aromatic N) is 2. The van der Waals surface area contributed by atoms with E-state index in [1.807, 2.05) is 0 Å². The van der Waals surface area contributed by atoms with Gasteiger partial charge in [-0.1, -0.05) is 0 Å². The summed E-state index contributed by atoms with van der Waals surface area (Å²) < 4.78 is 62.1. The van der Waals surface area contributed by atoms with Gasteiger partial charge in [0.25, 0.3) is 6.43 Å². The summed E-state index contributed by atoms with van der Waals surface area (Å²) in [6.45, 7) is 0. The van der Waals surface area contributed by atoms with E-state index in [1.54, 1.807) is 0 Å². The van der Waals surface area contributed by atoms with Crippen molar-refractivity contribution in [2.45, 2.75) is 19.0 Å². The second kappa shape index (κ2) is 4.43. The van der Waals surface area contributed by atoms with Crippen molar-refractivity contribution in [3.8, 4) is 6.07 Å². The quantitative estimate of drug-likeness (QED) is 0.740. The molecule has 1 aromatic heterocycles. The maximum atomic E-state index is 12.4. The Balaban J connectivity index is 3.40. The summed E-state index contributed by atoms with van der Waals surface area (Å²) in [6.07, 6.45) is -7.51. The van der Waals surface area contributed by atoms with E-state index in [4.69, 9.17) is 5.26 Å². The monoisotopic (exact) mass is 236 g/mol. The van der Waals surface area contributed by atoms with Crippen molar-refractivity contribution in [3.63, 3.8) is 0 Å². The molecule has 1 heterocycles. The molecule has 0 fully saturated rings. The first-order valence-electron chi connectivity index (χ1n) is 4.07. The van der Waals surface area contributed by atoms with Gasteiger partial charge in [-0.3, -0.25) is 4.98 Å². The zero-order chi connectivity index (χ0) is 12.3. The highest BCUT2D eigenvalue weighted by molar-refractivity contribution is 5.36. The van der Waals surface area contributed by atoms with Gasteiger partial charge in [0, 0.05) is 18.0 Å². The highest BCUT2D eigenvalue weighted by Gasteiger charge is 2.35. The summed E-state index contributed by atoms with van der Waals surface area (Å²) in [5, 5.41) is 8.33. The predicted octanol–water partition coefficient (Wildman–Crippen LogP) is 3.10. The number of aromatic nitrogens is 1. The average molecular weight is 236 g/mol. The maximum Gasteiger partial charge on any atom is 0.418 e. The number of nitriles is 1. The topological polar surface area (TPSA) is 36.7 Å². The molecule has 0 N–H and O–H groups in total. The molecule has 0 saturated carbocycles. The van der Waals surface area contributed by atoms with E-state index in [0.29, 0.717) is 12.4 Å². The Kier molecular flexibility index (Phi) is 3.42. The van der Waals surface area contributed by atoms with Crippen LogP contribution in [0.3, 0.4) is 0 Å². The van der Waals surface area contributed by atoms with E-state index in [1.165, 1.54) is 6.07 Å². The number of pyridine rings is 1. The molecular formula is C9H5F5N2. The van der Waals surface area contributed by atoms with Crippen LogP contribution in [0.5, 0.6) is 0 Å². The molecule has 0 unspecified atom stereocenters. The zero-order valence-electron chi connectivity index (χ0n) is 7.72. The van der Waals surface area contributed by atoms with Crippen LogP contribution in [-0.2, 0) is 12.6 Å². The molecule has 0 amide bonds. The standard InChI is InChI=1S/C9H5F5N2/c10-8(11)6-3-16-4-7(9(12,13)14)5(6)1-2-15/h3-4,8H,1H2. The lowest BCUT2D eigenvalue weighted by Crippen LogP contribution is -2.12. The Morgan fingerprint density at radius 3 is 2.38 bits per heavy atom. The summed E-state index contributed by atoms with van der Waals surface area (Å²) in [4.78, 5) is 3.11. The van der Waals surface area contributed by atoms with E-state index >= 15 is 0 Å². The molecule has 1 aromatic rings. The Hall–Kier alpha value is -1.71. The van der Waals surface area contributed by atoms with Crippen molar-refractivity contribution >= 4 is 0 Å². The molecule has 2 nitrogen and oxygen atoms in total. The minimum absolute atomic E-state index is 0.443. The molecule has 86 valence electrons. The number of halogens is 5. The van der Waals surface area contributed by atoms with Gasteiger partial charge in [-0.25, -0.2) is 8.78 Å². The van der Waals surface area contributed by atoms with Crippen LogP contribution >= 0.6 is 0 Å². The second-order valence-electron chi connectivity index (χ2n) is 2.89. The lowest BCUT2D eigenvalue weighted by molar-refractivity contribution is -0.138. The molecule has 0 aliphatic rings. The van der Waals surface area contributed by atoms with Crippen molar-refractivity contribution < 1.29 is 22.0 Å². The van der Waals surface area contributed by atoms with Crippen LogP contribution in [0, 0.1) is 11.3 Å². The summed E-state index contributed by atoms with van der Waals surface area (Å²) in [6, 6.07) is 1.43.